The zero-order valence-electron chi connectivity index (χ0n) is 18.0. The van der Waals surface area contributed by atoms with Gasteiger partial charge in [-0.1, -0.05) is 12.1 Å². The van der Waals surface area contributed by atoms with Crippen molar-refractivity contribution in [1.82, 2.24) is 14.8 Å². The minimum Gasteiger partial charge on any atom is -0.439 e. The first-order valence-corrected chi connectivity index (χ1v) is 10.5. The largest absolute Gasteiger partial charge is 0.439 e. The van der Waals surface area contributed by atoms with Gasteiger partial charge >= 0.3 is 12.3 Å². The van der Waals surface area contributed by atoms with E-state index >= 15 is 0 Å². The lowest BCUT2D eigenvalue weighted by molar-refractivity contribution is -0.137. The Kier molecular flexibility index (Phi) is 6.97. The summed E-state index contributed by atoms with van der Waals surface area (Å²) in [5, 5.41) is 0. The summed E-state index contributed by atoms with van der Waals surface area (Å²) in [6.07, 6.45) is -4.25. The molecular weight excluding hydrogens is 454 g/mol. The van der Waals surface area contributed by atoms with E-state index in [-0.39, 0.29) is 11.7 Å². The molecule has 34 heavy (non-hydrogen) atoms. The van der Waals surface area contributed by atoms with Crippen LogP contribution in [-0.4, -0.2) is 47.1 Å². The third-order valence-electron chi connectivity index (χ3n) is 5.24. The number of pyridine rings is 1. The van der Waals surface area contributed by atoms with Gasteiger partial charge in [-0.05, 0) is 48.0 Å². The van der Waals surface area contributed by atoms with E-state index < -0.39 is 17.8 Å². The second kappa shape index (κ2) is 10.1. The molecule has 2 heterocycles. The number of rotatable bonds is 5. The van der Waals surface area contributed by atoms with Crippen LogP contribution in [0.4, 0.5) is 22.4 Å². The zero-order valence-corrected chi connectivity index (χ0v) is 18.0. The lowest BCUT2D eigenvalue weighted by atomic mass is 10.2. The standard InChI is InChI=1S/C24H21F4N3O3/c25-19-3-1-2-17(14-19)16-30-10-12-31(13-11-30)23(32)34-21-7-5-20(6-8-21)33-22-9-4-18(15-29-22)24(26,27)28/h1-9,14-15H,10-13,16H2. The molecule has 0 radical (unpaired) electrons. The number of carbonyl (C=O) groups excluding carboxylic acids is 1. The lowest BCUT2D eigenvalue weighted by Crippen LogP contribution is -2.49. The second-order valence-electron chi connectivity index (χ2n) is 7.72. The number of hydrogen-bond donors (Lipinski definition) is 0. The number of aromatic nitrogens is 1. The highest BCUT2D eigenvalue weighted by Crippen LogP contribution is 2.30. The molecule has 3 aromatic rings. The fourth-order valence-corrected chi connectivity index (χ4v) is 3.45. The maximum absolute atomic E-state index is 13.3. The molecule has 1 aliphatic rings. The molecule has 0 unspecified atom stereocenters. The van der Waals surface area contributed by atoms with Crippen LogP contribution in [-0.2, 0) is 12.7 Å². The number of benzene rings is 2. The van der Waals surface area contributed by atoms with Crippen molar-refractivity contribution in [2.24, 2.45) is 0 Å². The van der Waals surface area contributed by atoms with Crippen LogP contribution in [0.15, 0.2) is 66.9 Å². The molecule has 0 saturated carbocycles. The summed E-state index contributed by atoms with van der Waals surface area (Å²) in [5.41, 5.74) is 0.0155. The van der Waals surface area contributed by atoms with Crippen molar-refractivity contribution in [2.75, 3.05) is 26.2 Å². The number of ether oxygens (including phenoxy) is 2. The van der Waals surface area contributed by atoms with Gasteiger partial charge in [0.1, 0.15) is 17.3 Å². The predicted octanol–water partition coefficient (Wildman–Crippen LogP) is 5.35. The molecule has 1 amide bonds. The fraction of sp³-hybridized carbons (Fsp3) is 0.250. The summed E-state index contributed by atoms with van der Waals surface area (Å²) < 4.78 is 62.0. The quantitative estimate of drug-likeness (QED) is 0.466. The number of amides is 1. The zero-order chi connectivity index (χ0) is 24.1. The summed E-state index contributed by atoms with van der Waals surface area (Å²) in [6, 6.07) is 14.6. The molecular formula is C24H21F4N3O3. The van der Waals surface area contributed by atoms with Gasteiger partial charge in [-0.3, -0.25) is 4.90 Å². The molecule has 6 nitrogen and oxygen atoms in total. The highest BCUT2D eigenvalue weighted by Gasteiger charge is 2.30. The Bertz CT molecular complexity index is 1110. The number of alkyl halides is 3. The van der Waals surface area contributed by atoms with Gasteiger partial charge in [0.05, 0.1) is 5.56 Å². The molecule has 0 bridgehead atoms. The molecule has 4 rings (SSSR count). The van der Waals surface area contributed by atoms with E-state index in [0.717, 1.165) is 17.7 Å². The Balaban J connectivity index is 1.25. The summed E-state index contributed by atoms with van der Waals surface area (Å²) in [5.74, 6) is 0.374. The minimum atomic E-state index is -4.47. The number of halogens is 4. The molecule has 0 atom stereocenters. The van der Waals surface area contributed by atoms with E-state index in [0.29, 0.717) is 50.4 Å². The van der Waals surface area contributed by atoms with E-state index in [1.807, 2.05) is 6.07 Å². The average Bonchev–Trinajstić information content (AvgIpc) is 2.81. The molecule has 2 aromatic carbocycles. The third-order valence-corrected chi connectivity index (χ3v) is 5.24. The van der Waals surface area contributed by atoms with E-state index in [4.69, 9.17) is 9.47 Å². The van der Waals surface area contributed by atoms with E-state index in [1.54, 1.807) is 11.0 Å². The van der Waals surface area contributed by atoms with Crippen LogP contribution in [0.25, 0.3) is 0 Å². The van der Waals surface area contributed by atoms with Crippen molar-refractivity contribution in [2.45, 2.75) is 12.7 Å². The van der Waals surface area contributed by atoms with Gasteiger partial charge in [-0.25, -0.2) is 14.2 Å². The summed E-state index contributed by atoms with van der Waals surface area (Å²) >= 11 is 0. The topological polar surface area (TPSA) is 54.9 Å². The van der Waals surface area contributed by atoms with Crippen LogP contribution >= 0.6 is 0 Å². The number of carbonyl (C=O) groups is 1. The molecule has 1 aromatic heterocycles. The van der Waals surface area contributed by atoms with Crippen molar-refractivity contribution in [1.29, 1.82) is 0 Å². The van der Waals surface area contributed by atoms with Crippen LogP contribution < -0.4 is 9.47 Å². The van der Waals surface area contributed by atoms with Gasteiger partial charge in [-0.15, -0.1) is 0 Å². The van der Waals surface area contributed by atoms with E-state index in [1.165, 1.54) is 36.4 Å². The molecule has 10 heteroatoms. The van der Waals surface area contributed by atoms with Crippen molar-refractivity contribution in [3.8, 4) is 17.4 Å². The monoisotopic (exact) mass is 475 g/mol. The fourth-order valence-electron chi connectivity index (χ4n) is 3.45. The van der Waals surface area contributed by atoms with Crippen LogP contribution in [0.1, 0.15) is 11.1 Å². The number of nitrogens with zero attached hydrogens (tertiary/aromatic N) is 3. The average molecular weight is 475 g/mol. The summed E-state index contributed by atoms with van der Waals surface area (Å²) in [4.78, 5) is 19.9. The van der Waals surface area contributed by atoms with Gasteiger partial charge in [-0.2, -0.15) is 13.2 Å². The maximum atomic E-state index is 13.3. The molecule has 0 N–H and O–H groups in total. The van der Waals surface area contributed by atoms with Crippen LogP contribution in [0, 0.1) is 5.82 Å². The SMILES string of the molecule is O=C(Oc1ccc(Oc2ccc(C(F)(F)F)cn2)cc1)N1CCN(Cc2cccc(F)c2)CC1. The predicted molar refractivity (Wildman–Crippen MR) is 115 cm³/mol. The van der Waals surface area contributed by atoms with Crippen molar-refractivity contribution < 1.29 is 31.8 Å². The molecule has 1 fully saturated rings. The van der Waals surface area contributed by atoms with E-state index in [2.05, 4.69) is 9.88 Å². The van der Waals surface area contributed by atoms with Crippen LogP contribution in [0.3, 0.4) is 0 Å². The lowest BCUT2D eigenvalue weighted by Gasteiger charge is -2.34. The third kappa shape index (κ3) is 6.22. The molecule has 0 spiro atoms. The van der Waals surface area contributed by atoms with Crippen molar-refractivity contribution >= 4 is 6.09 Å². The van der Waals surface area contributed by atoms with Crippen molar-refractivity contribution in [3.63, 3.8) is 0 Å². The Morgan fingerprint density at radius 1 is 0.941 bits per heavy atom. The van der Waals surface area contributed by atoms with Gasteiger partial charge in [0.15, 0.2) is 0 Å². The van der Waals surface area contributed by atoms with Gasteiger partial charge in [0.25, 0.3) is 0 Å². The molecule has 1 saturated heterocycles. The van der Waals surface area contributed by atoms with Crippen LogP contribution in [0.5, 0.6) is 17.4 Å². The van der Waals surface area contributed by atoms with Crippen molar-refractivity contribution in [3.05, 3.63) is 83.8 Å². The smallest absolute Gasteiger partial charge is 0.417 e. The first kappa shape index (κ1) is 23.5. The first-order valence-electron chi connectivity index (χ1n) is 10.5. The molecule has 1 aliphatic heterocycles. The Morgan fingerprint density at radius 3 is 2.26 bits per heavy atom. The van der Waals surface area contributed by atoms with Crippen LogP contribution in [0.2, 0.25) is 0 Å². The highest BCUT2D eigenvalue weighted by molar-refractivity contribution is 5.70. The Morgan fingerprint density at radius 2 is 1.65 bits per heavy atom. The normalized spacial score (nSPS) is 14.6. The second-order valence-corrected chi connectivity index (χ2v) is 7.72. The number of piperazine rings is 1. The highest BCUT2D eigenvalue weighted by atomic mass is 19.4. The number of hydrogen-bond acceptors (Lipinski definition) is 5. The molecule has 0 aliphatic carbocycles. The molecule has 178 valence electrons. The van der Waals surface area contributed by atoms with E-state index in [9.17, 15) is 22.4 Å². The first-order chi connectivity index (χ1) is 16.3. The Hall–Kier alpha value is -3.66. The van der Waals surface area contributed by atoms with Gasteiger partial charge in [0, 0.05) is 45.0 Å². The summed E-state index contributed by atoms with van der Waals surface area (Å²) in [6.45, 7) is 2.84. The van der Waals surface area contributed by atoms with Gasteiger partial charge < -0.3 is 14.4 Å². The summed E-state index contributed by atoms with van der Waals surface area (Å²) in [7, 11) is 0. The minimum absolute atomic E-state index is 0.00820. The Labute approximate surface area is 193 Å². The van der Waals surface area contributed by atoms with Gasteiger partial charge in [0.2, 0.25) is 5.88 Å². The maximum Gasteiger partial charge on any atom is 0.417 e.